The molecule has 0 aliphatic heterocycles. The van der Waals surface area contributed by atoms with Crippen LogP contribution >= 0.6 is 0 Å². The monoisotopic (exact) mass is 203 g/mol. The van der Waals surface area contributed by atoms with E-state index in [2.05, 4.69) is 5.92 Å². The summed E-state index contributed by atoms with van der Waals surface area (Å²) >= 11 is 0. The molecule has 15 heavy (non-hydrogen) atoms. The number of rotatable bonds is 2. The molecule has 0 spiro atoms. The number of nitrogens with zero attached hydrogens (tertiary/aromatic N) is 1. The molecule has 0 unspecified atom stereocenters. The Labute approximate surface area is 89.9 Å². The van der Waals surface area contributed by atoms with Crippen LogP contribution < -0.4 is 4.90 Å². The van der Waals surface area contributed by atoms with Gasteiger partial charge in [0.25, 0.3) is 0 Å². The summed E-state index contributed by atoms with van der Waals surface area (Å²) in [7, 11) is 3.65. The molecule has 1 fully saturated rings. The van der Waals surface area contributed by atoms with Crippen LogP contribution in [0.5, 0.6) is 0 Å². The topological polar surface area (TPSA) is 3.24 Å². The van der Waals surface area contributed by atoms with E-state index in [1.54, 1.807) is 17.0 Å². The van der Waals surface area contributed by atoms with E-state index in [4.69, 9.17) is 6.42 Å². The Morgan fingerprint density at radius 2 is 2.07 bits per heavy atom. The van der Waals surface area contributed by atoms with Gasteiger partial charge in [-0.1, -0.05) is 12.0 Å². The van der Waals surface area contributed by atoms with Gasteiger partial charge in [0.1, 0.15) is 5.82 Å². The third kappa shape index (κ3) is 1.59. The van der Waals surface area contributed by atoms with E-state index in [1.807, 2.05) is 20.2 Å². The van der Waals surface area contributed by atoms with Crippen LogP contribution in [0.1, 0.15) is 18.4 Å². The second-order valence-corrected chi connectivity index (χ2v) is 4.29. The minimum atomic E-state index is -0.195. The maximum atomic E-state index is 13.7. The lowest BCUT2D eigenvalue weighted by atomic mass is 9.96. The SMILES string of the molecule is C#CC1(c2ccc(N(C)C)c(F)c2)CC1. The van der Waals surface area contributed by atoms with Crippen molar-refractivity contribution in [3.05, 3.63) is 29.6 Å². The molecule has 1 aliphatic rings. The van der Waals surface area contributed by atoms with Gasteiger partial charge in [-0.25, -0.2) is 4.39 Å². The first-order valence-corrected chi connectivity index (χ1v) is 5.04. The van der Waals surface area contributed by atoms with Crippen molar-refractivity contribution in [1.82, 2.24) is 0 Å². The maximum Gasteiger partial charge on any atom is 0.146 e. The predicted molar refractivity (Wildman–Crippen MR) is 60.5 cm³/mol. The van der Waals surface area contributed by atoms with Crippen molar-refractivity contribution in [3.63, 3.8) is 0 Å². The van der Waals surface area contributed by atoms with Crippen molar-refractivity contribution in [3.8, 4) is 12.3 Å². The summed E-state index contributed by atoms with van der Waals surface area (Å²) in [6.45, 7) is 0. The van der Waals surface area contributed by atoms with Gasteiger partial charge in [0.05, 0.1) is 11.1 Å². The lowest BCUT2D eigenvalue weighted by Gasteiger charge is -2.15. The third-order valence-corrected chi connectivity index (χ3v) is 3.01. The smallest absolute Gasteiger partial charge is 0.146 e. The molecule has 1 aromatic carbocycles. The molecule has 0 saturated heterocycles. The van der Waals surface area contributed by atoms with E-state index in [-0.39, 0.29) is 11.2 Å². The van der Waals surface area contributed by atoms with Crippen molar-refractivity contribution in [2.75, 3.05) is 19.0 Å². The fourth-order valence-electron chi connectivity index (χ4n) is 1.81. The Kier molecular flexibility index (Phi) is 2.19. The maximum absolute atomic E-state index is 13.7. The highest BCUT2D eigenvalue weighted by Gasteiger charge is 2.42. The van der Waals surface area contributed by atoms with E-state index in [9.17, 15) is 4.39 Å². The minimum absolute atomic E-state index is 0.175. The zero-order valence-electron chi connectivity index (χ0n) is 9.05. The molecule has 78 valence electrons. The summed E-state index contributed by atoms with van der Waals surface area (Å²) in [6, 6.07) is 5.30. The number of anilines is 1. The lowest BCUT2D eigenvalue weighted by Crippen LogP contribution is -2.12. The third-order valence-electron chi connectivity index (χ3n) is 3.01. The highest BCUT2D eigenvalue weighted by Crippen LogP contribution is 2.48. The molecule has 2 heteroatoms. The molecule has 1 aromatic rings. The molecular weight excluding hydrogens is 189 g/mol. The van der Waals surface area contributed by atoms with Crippen LogP contribution in [0, 0.1) is 18.2 Å². The number of benzene rings is 1. The number of hydrogen-bond acceptors (Lipinski definition) is 1. The average molecular weight is 203 g/mol. The molecule has 1 saturated carbocycles. The van der Waals surface area contributed by atoms with Gasteiger partial charge < -0.3 is 4.90 Å². The molecular formula is C13H14FN. The summed E-state index contributed by atoms with van der Waals surface area (Å²) in [5.41, 5.74) is 1.37. The highest BCUT2D eigenvalue weighted by atomic mass is 19.1. The Balaban J connectivity index is 2.39. The second kappa shape index (κ2) is 3.27. The summed E-state index contributed by atoms with van der Waals surface area (Å²) in [5.74, 6) is 2.57. The van der Waals surface area contributed by atoms with Crippen LogP contribution in [0.15, 0.2) is 18.2 Å². The van der Waals surface area contributed by atoms with Crippen molar-refractivity contribution in [2.45, 2.75) is 18.3 Å². The van der Waals surface area contributed by atoms with Crippen LogP contribution in [-0.2, 0) is 5.41 Å². The summed E-state index contributed by atoms with van der Waals surface area (Å²) in [6.07, 6.45) is 7.42. The van der Waals surface area contributed by atoms with Gasteiger partial charge in [0.15, 0.2) is 0 Å². The molecule has 0 radical (unpaired) electrons. The summed E-state index contributed by atoms with van der Waals surface area (Å²) in [5, 5.41) is 0. The van der Waals surface area contributed by atoms with E-state index < -0.39 is 0 Å². The molecule has 1 nitrogen and oxygen atoms in total. The van der Waals surface area contributed by atoms with Gasteiger partial charge in [-0.3, -0.25) is 0 Å². The van der Waals surface area contributed by atoms with Crippen molar-refractivity contribution in [1.29, 1.82) is 0 Å². The first-order valence-electron chi connectivity index (χ1n) is 5.04. The van der Waals surface area contributed by atoms with Crippen LogP contribution in [0.3, 0.4) is 0 Å². The van der Waals surface area contributed by atoms with Crippen LogP contribution in [0.2, 0.25) is 0 Å². The van der Waals surface area contributed by atoms with Gasteiger partial charge in [-0.15, -0.1) is 6.42 Å². The molecule has 0 heterocycles. The molecule has 1 aliphatic carbocycles. The van der Waals surface area contributed by atoms with Gasteiger partial charge >= 0.3 is 0 Å². The van der Waals surface area contributed by atoms with Gasteiger partial charge in [0, 0.05) is 14.1 Å². The fraction of sp³-hybridized carbons (Fsp3) is 0.385. The first-order chi connectivity index (χ1) is 7.09. The standard InChI is InChI=1S/C13H14FN/c1-4-13(7-8-13)10-5-6-12(15(2)3)11(14)9-10/h1,5-6,9H,7-8H2,2-3H3. The Hall–Kier alpha value is -1.49. The lowest BCUT2D eigenvalue weighted by molar-refractivity contribution is 0.622. The van der Waals surface area contributed by atoms with Crippen molar-refractivity contribution < 1.29 is 4.39 Å². The van der Waals surface area contributed by atoms with Crippen molar-refractivity contribution in [2.24, 2.45) is 0 Å². The van der Waals surface area contributed by atoms with E-state index >= 15 is 0 Å². The van der Waals surface area contributed by atoms with Crippen LogP contribution in [-0.4, -0.2) is 14.1 Å². The van der Waals surface area contributed by atoms with Crippen LogP contribution in [0.25, 0.3) is 0 Å². The van der Waals surface area contributed by atoms with E-state index in [0.717, 1.165) is 18.4 Å². The van der Waals surface area contributed by atoms with Crippen LogP contribution in [0.4, 0.5) is 10.1 Å². The average Bonchev–Trinajstić information content (AvgIpc) is 2.97. The second-order valence-electron chi connectivity index (χ2n) is 4.29. The van der Waals surface area contributed by atoms with Crippen molar-refractivity contribution >= 4 is 5.69 Å². The Morgan fingerprint density at radius 1 is 1.40 bits per heavy atom. The first kappa shape index (κ1) is 10.0. The van der Waals surface area contributed by atoms with Gasteiger partial charge in [-0.2, -0.15) is 0 Å². The molecule has 0 amide bonds. The zero-order chi connectivity index (χ0) is 11.1. The van der Waals surface area contributed by atoms with E-state index in [0.29, 0.717) is 5.69 Å². The Morgan fingerprint density at radius 3 is 2.47 bits per heavy atom. The Bertz CT molecular complexity index is 425. The number of halogens is 1. The predicted octanol–water partition coefficient (Wildman–Crippen LogP) is 2.56. The molecule has 0 aromatic heterocycles. The number of hydrogen-bond donors (Lipinski definition) is 0. The normalized spacial score (nSPS) is 16.9. The number of terminal acetylenes is 1. The van der Waals surface area contributed by atoms with Gasteiger partial charge in [-0.05, 0) is 30.5 Å². The zero-order valence-corrected chi connectivity index (χ0v) is 9.05. The highest BCUT2D eigenvalue weighted by molar-refractivity contribution is 5.51. The molecule has 2 rings (SSSR count). The minimum Gasteiger partial charge on any atom is -0.375 e. The summed E-state index contributed by atoms with van der Waals surface area (Å²) < 4.78 is 13.7. The molecule has 0 atom stereocenters. The molecule has 0 N–H and O–H groups in total. The van der Waals surface area contributed by atoms with Gasteiger partial charge in [0.2, 0.25) is 0 Å². The van der Waals surface area contributed by atoms with E-state index in [1.165, 1.54) is 0 Å². The largest absolute Gasteiger partial charge is 0.375 e. The quantitative estimate of drug-likeness (QED) is 0.668. The summed E-state index contributed by atoms with van der Waals surface area (Å²) in [4.78, 5) is 1.76. The fourth-order valence-corrected chi connectivity index (χ4v) is 1.81. The molecule has 0 bridgehead atoms.